The molecule has 1 saturated heterocycles. The topological polar surface area (TPSA) is 85.5 Å². The number of carbonyl (C=O) groups excluding carboxylic acids is 2. The number of aromatic nitrogens is 1. The van der Waals surface area contributed by atoms with Crippen molar-refractivity contribution in [3.63, 3.8) is 0 Å². The van der Waals surface area contributed by atoms with E-state index in [0.717, 1.165) is 39.3 Å². The van der Waals surface area contributed by atoms with Gasteiger partial charge in [-0.3, -0.25) is 19.7 Å². The molecule has 1 aliphatic rings. The Hall–Kier alpha value is -3.36. The summed E-state index contributed by atoms with van der Waals surface area (Å²) in [5.41, 5.74) is 3.74. The molecule has 0 unspecified atom stereocenters. The lowest BCUT2D eigenvalue weighted by atomic mass is 10.2. The van der Waals surface area contributed by atoms with Crippen molar-refractivity contribution in [2.75, 3.05) is 4.90 Å². The molecular formula is C22H16ClN3O4S. The molecule has 0 aliphatic carbocycles. The van der Waals surface area contributed by atoms with Gasteiger partial charge < -0.3 is 4.57 Å². The van der Waals surface area contributed by atoms with Gasteiger partial charge in [-0.25, -0.2) is 4.90 Å². The highest BCUT2D eigenvalue weighted by atomic mass is 35.5. The molecule has 1 aliphatic heterocycles. The number of carbonyl (C=O) groups is 2. The van der Waals surface area contributed by atoms with Crippen LogP contribution in [-0.2, 0) is 4.79 Å². The highest BCUT2D eigenvalue weighted by molar-refractivity contribution is 8.19. The standard InChI is InChI=1S/C22H16ClN3O4S/c1-13-10-15(14(2)24(13)17-6-8-18(9-7-17)26(29)30)11-20-21(27)25(22(28)31-20)19-5-3-4-16(23)12-19/h3-12H,1-2H3/b20-11-. The number of amides is 2. The maximum atomic E-state index is 12.9. The van der Waals surface area contributed by atoms with Gasteiger partial charge in [0.25, 0.3) is 16.8 Å². The quantitative estimate of drug-likeness (QED) is 0.279. The number of imide groups is 1. The summed E-state index contributed by atoms with van der Waals surface area (Å²) >= 11 is 6.87. The molecule has 9 heteroatoms. The first-order chi connectivity index (χ1) is 14.8. The molecule has 2 heterocycles. The van der Waals surface area contributed by atoms with Crippen LogP contribution in [0.4, 0.5) is 16.2 Å². The van der Waals surface area contributed by atoms with Crippen LogP contribution in [0.25, 0.3) is 11.8 Å². The van der Waals surface area contributed by atoms with E-state index in [-0.39, 0.29) is 10.9 Å². The van der Waals surface area contributed by atoms with E-state index in [0.29, 0.717) is 15.6 Å². The van der Waals surface area contributed by atoms with Crippen molar-refractivity contribution in [3.05, 3.63) is 91.6 Å². The number of thioether (sulfide) groups is 1. The zero-order valence-electron chi connectivity index (χ0n) is 16.5. The van der Waals surface area contributed by atoms with Crippen LogP contribution in [0.5, 0.6) is 0 Å². The number of hydrogen-bond donors (Lipinski definition) is 0. The minimum Gasteiger partial charge on any atom is -0.318 e. The number of non-ortho nitro benzene ring substituents is 1. The van der Waals surface area contributed by atoms with Crippen LogP contribution in [0.2, 0.25) is 5.02 Å². The summed E-state index contributed by atoms with van der Waals surface area (Å²) < 4.78 is 1.94. The molecule has 1 fully saturated rings. The number of halogens is 1. The first-order valence-electron chi connectivity index (χ1n) is 9.23. The Morgan fingerprint density at radius 2 is 1.74 bits per heavy atom. The number of benzene rings is 2. The number of nitrogens with zero attached hydrogens (tertiary/aromatic N) is 3. The van der Waals surface area contributed by atoms with Gasteiger partial charge in [0.15, 0.2) is 0 Å². The Morgan fingerprint density at radius 1 is 1.03 bits per heavy atom. The van der Waals surface area contributed by atoms with Gasteiger partial charge in [0.05, 0.1) is 15.5 Å². The number of nitro groups is 1. The number of rotatable bonds is 4. The molecule has 0 atom stereocenters. The maximum Gasteiger partial charge on any atom is 0.298 e. The van der Waals surface area contributed by atoms with Crippen LogP contribution in [0.15, 0.2) is 59.5 Å². The van der Waals surface area contributed by atoms with Gasteiger partial charge in [-0.15, -0.1) is 0 Å². The molecule has 4 rings (SSSR count). The van der Waals surface area contributed by atoms with Gasteiger partial charge in [-0.1, -0.05) is 17.7 Å². The van der Waals surface area contributed by atoms with Gasteiger partial charge in [0, 0.05) is 34.2 Å². The van der Waals surface area contributed by atoms with Crippen molar-refractivity contribution >= 4 is 52.0 Å². The lowest BCUT2D eigenvalue weighted by molar-refractivity contribution is -0.384. The highest BCUT2D eigenvalue weighted by Crippen LogP contribution is 2.37. The second-order valence-electron chi connectivity index (χ2n) is 6.93. The van der Waals surface area contributed by atoms with Crippen molar-refractivity contribution in [2.45, 2.75) is 13.8 Å². The summed E-state index contributed by atoms with van der Waals surface area (Å²) in [6, 6.07) is 14.7. The summed E-state index contributed by atoms with van der Waals surface area (Å²) in [5, 5.41) is 11.0. The fourth-order valence-corrected chi connectivity index (χ4v) is 4.52. The first kappa shape index (κ1) is 20.9. The van der Waals surface area contributed by atoms with Crippen molar-refractivity contribution in [1.29, 1.82) is 0 Å². The van der Waals surface area contributed by atoms with Crippen LogP contribution in [0.3, 0.4) is 0 Å². The maximum absolute atomic E-state index is 12.9. The molecule has 2 aromatic carbocycles. The largest absolute Gasteiger partial charge is 0.318 e. The van der Waals surface area contributed by atoms with Gasteiger partial charge >= 0.3 is 0 Å². The van der Waals surface area contributed by atoms with E-state index < -0.39 is 10.8 Å². The van der Waals surface area contributed by atoms with Crippen LogP contribution in [-0.4, -0.2) is 20.6 Å². The van der Waals surface area contributed by atoms with Gasteiger partial charge in [-0.05, 0) is 73.6 Å². The van der Waals surface area contributed by atoms with Crippen LogP contribution < -0.4 is 4.90 Å². The van der Waals surface area contributed by atoms with Crippen molar-refractivity contribution in [1.82, 2.24) is 4.57 Å². The van der Waals surface area contributed by atoms with Crippen LogP contribution >= 0.6 is 23.4 Å². The SMILES string of the molecule is Cc1cc(/C=C2\SC(=O)N(c3cccc(Cl)c3)C2=O)c(C)n1-c1ccc([N+](=O)[O-])cc1. The molecule has 0 bridgehead atoms. The lowest BCUT2D eigenvalue weighted by Gasteiger charge is -2.12. The first-order valence-corrected chi connectivity index (χ1v) is 10.4. The molecule has 0 N–H and O–H groups in total. The molecule has 2 amide bonds. The summed E-state index contributed by atoms with van der Waals surface area (Å²) in [7, 11) is 0. The zero-order valence-corrected chi connectivity index (χ0v) is 18.1. The number of nitro benzene ring substituents is 1. The van der Waals surface area contributed by atoms with E-state index >= 15 is 0 Å². The molecule has 0 saturated carbocycles. The van der Waals surface area contributed by atoms with Gasteiger partial charge in [0.1, 0.15) is 0 Å². The third kappa shape index (κ3) is 3.87. The number of hydrogen-bond acceptors (Lipinski definition) is 5. The molecule has 0 spiro atoms. The fraction of sp³-hybridized carbons (Fsp3) is 0.0909. The Morgan fingerprint density at radius 3 is 2.39 bits per heavy atom. The van der Waals surface area contributed by atoms with Gasteiger partial charge in [-0.2, -0.15) is 0 Å². The predicted octanol–water partition coefficient (Wildman–Crippen LogP) is 5.90. The average molecular weight is 454 g/mol. The molecule has 3 aromatic rings. The van der Waals surface area contributed by atoms with E-state index in [1.807, 2.05) is 24.5 Å². The minimum absolute atomic E-state index is 0.0149. The minimum atomic E-state index is -0.444. The van der Waals surface area contributed by atoms with E-state index in [2.05, 4.69) is 0 Å². The molecular weight excluding hydrogens is 438 g/mol. The summed E-state index contributed by atoms with van der Waals surface area (Å²) in [6.45, 7) is 3.80. The molecule has 0 radical (unpaired) electrons. The Bertz CT molecular complexity index is 1260. The highest BCUT2D eigenvalue weighted by Gasteiger charge is 2.36. The smallest absolute Gasteiger partial charge is 0.298 e. The summed E-state index contributed by atoms with van der Waals surface area (Å²) in [5.74, 6) is -0.405. The number of aryl methyl sites for hydroxylation is 1. The monoisotopic (exact) mass is 453 g/mol. The third-order valence-electron chi connectivity index (χ3n) is 4.94. The van der Waals surface area contributed by atoms with E-state index in [1.165, 1.54) is 12.1 Å². The van der Waals surface area contributed by atoms with Crippen LogP contribution in [0, 0.1) is 24.0 Å². The zero-order chi connectivity index (χ0) is 22.3. The Kier molecular flexibility index (Phi) is 5.43. The molecule has 156 valence electrons. The Labute approximate surface area is 187 Å². The normalized spacial score (nSPS) is 15.2. The second-order valence-corrected chi connectivity index (χ2v) is 8.36. The van der Waals surface area contributed by atoms with E-state index in [9.17, 15) is 19.7 Å². The summed E-state index contributed by atoms with van der Waals surface area (Å²) in [4.78, 5) is 37.3. The van der Waals surface area contributed by atoms with E-state index in [4.69, 9.17) is 11.6 Å². The van der Waals surface area contributed by atoms with Crippen molar-refractivity contribution in [2.24, 2.45) is 0 Å². The second kappa shape index (κ2) is 8.05. The van der Waals surface area contributed by atoms with Crippen LogP contribution in [0.1, 0.15) is 17.0 Å². The van der Waals surface area contributed by atoms with Crippen molar-refractivity contribution < 1.29 is 14.5 Å². The molecule has 1 aromatic heterocycles. The predicted molar refractivity (Wildman–Crippen MR) is 122 cm³/mol. The lowest BCUT2D eigenvalue weighted by Crippen LogP contribution is -2.27. The number of anilines is 1. The third-order valence-corrected chi connectivity index (χ3v) is 6.04. The van der Waals surface area contributed by atoms with E-state index in [1.54, 1.807) is 42.5 Å². The fourth-order valence-electron chi connectivity index (χ4n) is 3.50. The molecule has 31 heavy (non-hydrogen) atoms. The summed E-state index contributed by atoms with van der Waals surface area (Å²) in [6.07, 6.45) is 1.69. The average Bonchev–Trinajstić information content (AvgIpc) is 3.16. The molecule has 7 nitrogen and oxygen atoms in total. The Balaban J connectivity index is 1.68. The van der Waals surface area contributed by atoms with Gasteiger partial charge in [0.2, 0.25) is 0 Å². The van der Waals surface area contributed by atoms with Crippen molar-refractivity contribution in [3.8, 4) is 5.69 Å².